The topological polar surface area (TPSA) is 12.9 Å². The normalized spacial score (nSPS) is 14.5. The number of rotatable bonds is 0. The molecule has 0 N–H and O–H groups in total. The Balaban J connectivity index is 2.54. The molecule has 0 aromatic carbocycles. The Bertz CT molecular complexity index is 324. The van der Waals surface area contributed by atoms with E-state index in [0.717, 1.165) is 12.1 Å². The quantitative estimate of drug-likeness (QED) is 0.546. The second-order valence-corrected chi connectivity index (χ2v) is 3.16. The molecule has 0 bridgehead atoms. The van der Waals surface area contributed by atoms with Crippen molar-refractivity contribution in [2.45, 2.75) is 20.3 Å². The summed E-state index contributed by atoms with van der Waals surface area (Å²) in [7, 11) is 0. The predicted octanol–water partition coefficient (Wildman–Crippen LogP) is 2.35. The Labute approximate surface area is 66.8 Å². The van der Waals surface area contributed by atoms with E-state index in [-0.39, 0.29) is 0 Å². The molecule has 56 valence electrons. The van der Waals surface area contributed by atoms with Gasteiger partial charge in [0.2, 0.25) is 0 Å². The van der Waals surface area contributed by atoms with Gasteiger partial charge in [-0.15, -0.1) is 0 Å². The highest BCUT2D eigenvalue weighted by atomic mass is 14.7. The summed E-state index contributed by atoms with van der Waals surface area (Å²) >= 11 is 0. The van der Waals surface area contributed by atoms with E-state index in [2.05, 4.69) is 30.1 Å². The van der Waals surface area contributed by atoms with Crippen LogP contribution in [-0.2, 0) is 6.42 Å². The van der Waals surface area contributed by atoms with Gasteiger partial charge in [-0.25, -0.2) is 0 Å². The molecule has 0 saturated carbocycles. The number of aryl methyl sites for hydroxylation is 1. The molecule has 1 heterocycles. The largest absolute Gasteiger partial charge is 0.253 e. The van der Waals surface area contributed by atoms with Crippen LogP contribution in [0.1, 0.15) is 23.9 Å². The number of hydrogen-bond acceptors (Lipinski definition) is 1. The molecular formula is C10H11N. The zero-order valence-electron chi connectivity index (χ0n) is 6.89. The zero-order chi connectivity index (χ0) is 7.84. The first-order chi connectivity index (χ1) is 5.25. The first-order valence-corrected chi connectivity index (χ1v) is 3.89. The molecule has 1 aliphatic rings. The minimum atomic E-state index is 1.09. The Morgan fingerprint density at radius 2 is 2.09 bits per heavy atom. The van der Waals surface area contributed by atoms with Crippen LogP contribution in [0.3, 0.4) is 0 Å². The van der Waals surface area contributed by atoms with Crippen LogP contribution in [0, 0.1) is 6.92 Å². The molecule has 1 heteroatoms. The monoisotopic (exact) mass is 145 g/mol. The van der Waals surface area contributed by atoms with Gasteiger partial charge < -0.3 is 0 Å². The van der Waals surface area contributed by atoms with Crippen LogP contribution in [0.2, 0.25) is 0 Å². The summed E-state index contributed by atoms with van der Waals surface area (Å²) in [6.07, 6.45) is 3.25. The maximum absolute atomic E-state index is 4.43. The van der Waals surface area contributed by atoms with Crippen molar-refractivity contribution in [1.29, 1.82) is 0 Å². The van der Waals surface area contributed by atoms with E-state index >= 15 is 0 Å². The molecule has 0 radical (unpaired) electrons. The molecule has 0 spiro atoms. The Morgan fingerprint density at radius 1 is 1.27 bits per heavy atom. The van der Waals surface area contributed by atoms with Gasteiger partial charge in [-0.3, -0.25) is 4.98 Å². The van der Waals surface area contributed by atoms with Gasteiger partial charge >= 0.3 is 0 Å². The summed E-state index contributed by atoms with van der Waals surface area (Å²) in [5, 5.41) is 0. The van der Waals surface area contributed by atoms with Gasteiger partial charge in [0.05, 0.1) is 5.69 Å². The number of nitrogens with zero attached hydrogens (tertiary/aromatic N) is 1. The molecule has 1 aliphatic carbocycles. The SMILES string of the molecule is CC1=Cc2nc(C)ccc2C1. The second kappa shape index (κ2) is 2.19. The van der Waals surface area contributed by atoms with Crippen molar-refractivity contribution in [3.63, 3.8) is 0 Å². The lowest BCUT2D eigenvalue weighted by Gasteiger charge is -1.97. The third-order valence-corrected chi connectivity index (χ3v) is 2.00. The lowest BCUT2D eigenvalue weighted by Crippen LogP contribution is -1.88. The van der Waals surface area contributed by atoms with Gasteiger partial charge in [0.25, 0.3) is 0 Å². The van der Waals surface area contributed by atoms with Crippen molar-refractivity contribution in [3.8, 4) is 0 Å². The molecule has 0 atom stereocenters. The third-order valence-electron chi connectivity index (χ3n) is 2.00. The van der Waals surface area contributed by atoms with Crippen molar-refractivity contribution in [2.24, 2.45) is 0 Å². The van der Waals surface area contributed by atoms with Gasteiger partial charge in [-0.2, -0.15) is 0 Å². The van der Waals surface area contributed by atoms with E-state index in [1.807, 2.05) is 6.92 Å². The van der Waals surface area contributed by atoms with Crippen LogP contribution in [0.25, 0.3) is 6.08 Å². The molecule has 2 rings (SSSR count). The fraction of sp³-hybridized carbons (Fsp3) is 0.300. The predicted molar refractivity (Wildman–Crippen MR) is 46.3 cm³/mol. The molecule has 0 amide bonds. The summed E-state index contributed by atoms with van der Waals surface area (Å²) in [4.78, 5) is 4.43. The fourth-order valence-electron chi connectivity index (χ4n) is 1.46. The Hall–Kier alpha value is -1.11. The maximum atomic E-state index is 4.43. The molecular weight excluding hydrogens is 134 g/mol. The molecule has 0 unspecified atom stereocenters. The van der Waals surface area contributed by atoms with E-state index in [1.54, 1.807) is 0 Å². The lowest BCUT2D eigenvalue weighted by molar-refractivity contribution is 1.12. The van der Waals surface area contributed by atoms with Gasteiger partial charge in [-0.1, -0.05) is 11.6 Å². The molecule has 1 aromatic heterocycles. The number of aromatic nitrogens is 1. The van der Waals surface area contributed by atoms with E-state index < -0.39 is 0 Å². The highest BCUT2D eigenvalue weighted by molar-refractivity contribution is 5.59. The average molecular weight is 145 g/mol. The van der Waals surface area contributed by atoms with Crippen molar-refractivity contribution in [1.82, 2.24) is 4.98 Å². The minimum absolute atomic E-state index is 1.09. The van der Waals surface area contributed by atoms with E-state index in [1.165, 1.54) is 16.8 Å². The molecule has 1 nitrogen and oxygen atoms in total. The highest BCUT2D eigenvalue weighted by Gasteiger charge is 2.09. The van der Waals surface area contributed by atoms with Crippen LogP contribution >= 0.6 is 0 Å². The first-order valence-electron chi connectivity index (χ1n) is 3.89. The highest BCUT2D eigenvalue weighted by Crippen LogP contribution is 2.22. The van der Waals surface area contributed by atoms with Gasteiger partial charge in [0, 0.05) is 5.69 Å². The van der Waals surface area contributed by atoms with E-state index in [4.69, 9.17) is 0 Å². The summed E-state index contributed by atoms with van der Waals surface area (Å²) in [6.45, 7) is 4.18. The summed E-state index contributed by atoms with van der Waals surface area (Å²) in [5.74, 6) is 0. The van der Waals surface area contributed by atoms with Crippen molar-refractivity contribution < 1.29 is 0 Å². The van der Waals surface area contributed by atoms with Crippen LogP contribution in [0.4, 0.5) is 0 Å². The van der Waals surface area contributed by atoms with Gasteiger partial charge in [-0.05, 0) is 38.0 Å². The zero-order valence-corrected chi connectivity index (χ0v) is 6.89. The number of hydrogen-bond donors (Lipinski definition) is 0. The van der Waals surface area contributed by atoms with Crippen LogP contribution in [0.15, 0.2) is 17.7 Å². The van der Waals surface area contributed by atoms with E-state index in [9.17, 15) is 0 Å². The number of allylic oxidation sites excluding steroid dienone is 1. The van der Waals surface area contributed by atoms with Crippen LogP contribution in [-0.4, -0.2) is 4.98 Å². The van der Waals surface area contributed by atoms with Crippen molar-refractivity contribution in [2.75, 3.05) is 0 Å². The molecule has 11 heavy (non-hydrogen) atoms. The smallest absolute Gasteiger partial charge is 0.0667 e. The van der Waals surface area contributed by atoms with Crippen LogP contribution in [0.5, 0.6) is 0 Å². The van der Waals surface area contributed by atoms with E-state index in [0.29, 0.717) is 0 Å². The second-order valence-electron chi connectivity index (χ2n) is 3.16. The minimum Gasteiger partial charge on any atom is -0.253 e. The number of fused-ring (bicyclic) bond motifs is 1. The summed E-state index contributed by atoms with van der Waals surface area (Å²) in [5.41, 5.74) is 5.06. The first kappa shape index (κ1) is 6.59. The standard InChI is InChI=1S/C10H11N/c1-7-5-9-4-3-8(2)11-10(9)6-7/h3-4,6H,5H2,1-2H3. The maximum Gasteiger partial charge on any atom is 0.0667 e. The van der Waals surface area contributed by atoms with Crippen molar-refractivity contribution >= 4 is 6.08 Å². The average Bonchev–Trinajstić information content (AvgIpc) is 2.27. The van der Waals surface area contributed by atoms with Crippen molar-refractivity contribution in [3.05, 3.63) is 34.7 Å². The molecule has 0 aliphatic heterocycles. The molecule has 0 fully saturated rings. The number of pyridine rings is 1. The third kappa shape index (κ3) is 1.07. The molecule has 0 saturated heterocycles. The summed E-state index contributed by atoms with van der Waals surface area (Å²) < 4.78 is 0. The Kier molecular flexibility index (Phi) is 1.31. The van der Waals surface area contributed by atoms with Crippen LogP contribution < -0.4 is 0 Å². The lowest BCUT2D eigenvalue weighted by atomic mass is 10.2. The Morgan fingerprint density at radius 3 is 2.91 bits per heavy atom. The fourth-order valence-corrected chi connectivity index (χ4v) is 1.46. The van der Waals surface area contributed by atoms with Gasteiger partial charge in [0.15, 0.2) is 0 Å². The summed E-state index contributed by atoms with van der Waals surface area (Å²) in [6, 6.07) is 4.25. The molecule has 1 aromatic rings. The van der Waals surface area contributed by atoms with Gasteiger partial charge in [0.1, 0.15) is 0 Å².